The Kier molecular flexibility index (Phi) is 17.6. The van der Waals surface area contributed by atoms with Crippen molar-refractivity contribution in [3.05, 3.63) is 72.6 Å². The van der Waals surface area contributed by atoms with Gasteiger partial charge in [-0.05, 0) is 101 Å². The third-order valence-electron chi connectivity index (χ3n) is 10.9. The topological polar surface area (TPSA) is 183 Å². The Hall–Kier alpha value is -5.34. The highest BCUT2D eigenvalue weighted by atomic mass is 16.6. The van der Waals surface area contributed by atoms with Crippen LogP contribution >= 0.6 is 0 Å². The van der Waals surface area contributed by atoms with Crippen LogP contribution in [0.2, 0.25) is 0 Å². The molecule has 2 amide bonds. The lowest BCUT2D eigenvalue weighted by molar-refractivity contribution is -0.159. The first kappa shape index (κ1) is 49.3. The van der Waals surface area contributed by atoms with Gasteiger partial charge in [-0.25, -0.2) is 14.8 Å². The minimum atomic E-state index is -1.18. The first-order valence-corrected chi connectivity index (χ1v) is 21.8. The zero-order valence-electron chi connectivity index (χ0n) is 38.7. The first-order valence-electron chi connectivity index (χ1n) is 21.8. The zero-order valence-corrected chi connectivity index (χ0v) is 38.7. The lowest BCUT2D eigenvalue weighted by Gasteiger charge is -2.34. The van der Waals surface area contributed by atoms with E-state index in [2.05, 4.69) is 105 Å². The molecule has 3 aliphatic rings. The number of rotatable bonds is 14. The van der Waals surface area contributed by atoms with Gasteiger partial charge >= 0.3 is 6.09 Å². The molecular formula is C48H70N8O6. The normalized spacial score (nSPS) is 16.8. The molecule has 1 aliphatic heterocycles. The van der Waals surface area contributed by atoms with Crippen LogP contribution in [-0.2, 0) is 30.4 Å². The van der Waals surface area contributed by atoms with Crippen LogP contribution in [0.1, 0.15) is 105 Å². The van der Waals surface area contributed by atoms with Gasteiger partial charge in [-0.15, -0.1) is 0 Å². The maximum Gasteiger partial charge on any atom is 0.410 e. The number of likely N-dealkylation sites (tertiary alicyclic amines) is 1. The summed E-state index contributed by atoms with van der Waals surface area (Å²) >= 11 is 0. The number of ether oxygens (including phenoxy) is 2. The number of hydrogen-bond donors (Lipinski definition) is 5. The summed E-state index contributed by atoms with van der Waals surface area (Å²) in [7, 11) is 5.65. The number of H-pyrrole nitrogens is 2. The number of aldehydes is 1. The Bertz CT molecular complexity index is 2020. The fraction of sp³-hybridized carbons (Fsp3) is 0.542. The molecule has 3 fully saturated rings. The summed E-state index contributed by atoms with van der Waals surface area (Å²) in [5.74, 6) is 2.37. The number of aromatic amines is 2. The van der Waals surface area contributed by atoms with Gasteiger partial charge in [0.05, 0.1) is 36.4 Å². The molecular weight excluding hydrogens is 785 g/mol. The summed E-state index contributed by atoms with van der Waals surface area (Å²) < 4.78 is 10.5. The maximum atomic E-state index is 13.3. The molecule has 14 heteroatoms. The molecule has 0 spiro atoms. The number of carbonyl (C=O) groups is 4. The van der Waals surface area contributed by atoms with Crippen molar-refractivity contribution < 1.29 is 28.7 Å². The van der Waals surface area contributed by atoms with E-state index >= 15 is 0 Å². The summed E-state index contributed by atoms with van der Waals surface area (Å²) in [4.78, 5) is 64.2. The quantitative estimate of drug-likeness (QED) is 0.0778. The zero-order chi connectivity index (χ0) is 45.7. The summed E-state index contributed by atoms with van der Waals surface area (Å²) in [6.07, 6.45) is 8.83. The molecule has 2 aromatic heterocycles. The van der Waals surface area contributed by atoms with Crippen molar-refractivity contribution in [2.75, 3.05) is 34.2 Å². The second-order valence-electron chi connectivity index (χ2n) is 18.5. The SMILES string of the molecule is CC(C)C.CC(C=O)(OC(=O)N1CCC1)C1CC1.CNC.CNCc1ncc(-c2ccc(-c3ccc(-c4cnc(C(NC(=O)C(C)(OC=O)C5CC5)C(C)(C)C)[nH]4)cc3)cc2)[nH]1. The van der Waals surface area contributed by atoms with Gasteiger partial charge in [-0.1, -0.05) is 90.1 Å². The number of aromatic nitrogens is 4. The van der Waals surface area contributed by atoms with E-state index in [1.165, 1.54) is 0 Å². The molecule has 1 saturated heterocycles. The summed E-state index contributed by atoms with van der Waals surface area (Å²) in [5, 5.41) is 8.96. The number of hydrogen-bond acceptors (Lipinski definition) is 10. The molecule has 3 unspecified atom stereocenters. The van der Waals surface area contributed by atoms with Gasteiger partial charge in [0, 0.05) is 24.9 Å². The largest absolute Gasteiger partial charge is 0.451 e. The number of nitrogens with zero attached hydrogens (tertiary/aromatic N) is 3. The fourth-order valence-corrected chi connectivity index (χ4v) is 6.73. The van der Waals surface area contributed by atoms with Crippen LogP contribution in [-0.4, -0.2) is 95.0 Å². The maximum absolute atomic E-state index is 13.3. The van der Waals surface area contributed by atoms with E-state index in [9.17, 15) is 19.2 Å². The molecule has 4 aromatic rings. The van der Waals surface area contributed by atoms with Crippen molar-refractivity contribution in [2.45, 2.75) is 111 Å². The van der Waals surface area contributed by atoms with Crippen molar-refractivity contribution in [3.8, 4) is 33.6 Å². The molecule has 7 rings (SSSR count). The van der Waals surface area contributed by atoms with Crippen molar-refractivity contribution in [2.24, 2.45) is 23.2 Å². The van der Waals surface area contributed by atoms with Gasteiger partial charge in [0.1, 0.15) is 11.6 Å². The number of imidazole rings is 2. The molecule has 2 saturated carbocycles. The predicted octanol–water partition coefficient (Wildman–Crippen LogP) is 8.09. The summed E-state index contributed by atoms with van der Waals surface area (Å²) in [5.41, 5.74) is 3.75. The van der Waals surface area contributed by atoms with Gasteiger partial charge in [0.15, 0.2) is 17.5 Å². The number of amides is 2. The average molecular weight is 855 g/mol. The smallest absolute Gasteiger partial charge is 0.410 e. The number of benzene rings is 2. The molecule has 0 bridgehead atoms. The van der Waals surface area contributed by atoms with Crippen LogP contribution in [0.3, 0.4) is 0 Å². The highest BCUT2D eigenvalue weighted by Crippen LogP contribution is 2.43. The van der Waals surface area contributed by atoms with E-state index < -0.39 is 17.2 Å². The Morgan fingerprint density at radius 1 is 0.790 bits per heavy atom. The van der Waals surface area contributed by atoms with E-state index in [-0.39, 0.29) is 29.3 Å². The molecule has 62 heavy (non-hydrogen) atoms. The second kappa shape index (κ2) is 22.1. The van der Waals surface area contributed by atoms with Gasteiger partial charge < -0.3 is 40.3 Å². The molecule has 5 N–H and O–H groups in total. The Morgan fingerprint density at radius 2 is 1.27 bits per heavy atom. The van der Waals surface area contributed by atoms with E-state index in [0.717, 1.165) is 96.9 Å². The van der Waals surface area contributed by atoms with Crippen LogP contribution in [0, 0.1) is 23.2 Å². The molecule has 3 heterocycles. The summed E-state index contributed by atoms with van der Waals surface area (Å²) in [6, 6.07) is 16.3. The molecule has 2 aliphatic carbocycles. The minimum absolute atomic E-state index is 0.0388. The fourth-order valence-electron chi connectivity index (χ4n) is 6.73. The number of nitrogens with one attached hydrogen (secondary N) is 5. The Balaban J connectivity index is 0.000000330. The molecule has 2 aromatic carbocycles. The van der Waals surface area contributed by atoms with Crippen molar-refractivity contribution in [3.63, 3.8) is 0 Å². The van der Waals surface area contributed by atoms with Gasteiger partial charge in [0.2, 0.25) is 0 Å². The molecule has 3 atom stereocenters. The van der Waals surface area contributed by atoms with E-state index in [0.29, 0.717) is 18.8 Å². The minimum Gasteiger partial charge on any atom is -0.451 e. The molecule has 0 radical (unpaired) electrons. The van der Waals surface area contributed by atoms with Crippen LogP contribution < -0.4 is 16.0 Å². The highest BCUT2D eigenvalue weighted by Gasteiger charge is 2.51. The van der Waals surface area contributed by atoms with Crippen LogP contribution in [0.4, 0.5) is 4.79 Å². The highest BCUT2D eigenvalue weighted by molar-refractivity contribution is 5.87. The van der Waals surface area contributed by atoms with Crippen LogP contribution in [0.25, 0.3) is 33.6 Å². The molecule has 14 nitrogen and oxygen atoms in total. The van der Waals surface area contributed by atoms with E-state index in [1.807, 2.05) is 48.1 Å². The summed E-state index contributed by atoms with van der Waals surface area (Å²) in [6.45, 7) is 18.6. The first-order chi connectivity index (χ1) is 29.4. The van der Waals surface area contributed by atoms with Crippen LogP contribution in [0.15, 0.2) is 60.9 Å². The van der Waals surface area contributed by atoms with Crippen LogP contribution in [0.5, 0.6) is 0 Å². The third-order valence-corrected chi connectivity index (χ3v) is 10.9. The second-order valence-corrected chi connectivity index (χ2v) is 18.5. The van der Waals surface area contributed by atoms with E-state index in [1.54, 1.807) is 24.9 Å². The third kappa shape index (κ3) is 13.6. The predicted molar refractivity (Wildman–Crippen MR) is 244 cm³/mol. The Labute approximate surface area is 368 Å². The Morgan fingerprint density at radius 3 is 1.69 bits per heavy atom. The van der Waals surface area contributed by atoms with Crippen molar-refractivity contribution >= 4 is 24.8 Å². The van der Waals surface area contributed by atoms with Crippen molar-refractivity contribution in [1.29, 1.82) is 0 Å². The standard InChI is InChI=1S/C32H38N6O3.C10H15NO3.C4H10.C2H7N/c1-31(2,3)28(38-30(40)32(4,41-19-39)24-14-15-24)29-35-17-26(37-29)23-12-8-21(9-13-23)20-6-10-22(11-7-20)25-16-34-27(36-25)18-33-5;1-10(7-12,8-3-4-8)14-9(13)11-5-2-6-11;1-4(2)3;1-3-2/h6-13,16-17,19,24,28,33H,14-15,18H2,1-5H3,(H,34,36)(H,35,37)(H,38,40);7-8H,2-6H2,1H3;4H,1-3H3;3H,1-2H3. The monoisotopic (exact) mass is 855 g/mol. The lowest BCUT2D eigenvalue weighted by Crippen LogP contribution is -2.51. The van der Waals surface area contributed by atoms with E-state index in [4.69, 9.17) is 9.47 Å². The van der Waals surface area contributed by atoms with Crippen molar-refractivity contribution in [1.82, 2.24) is 40.8 Å². The van der Waals surface area contributed by atoms with Gasteiger partial charge in [-0.3, -0.25) is 14.4 Å². The average Bonchev–Trinajstić information content (AvgIpc) is 4.15. The number of carbonyl (C=O) groups excluding carboxylic acids is 4. The molecule has 338 valence electrons. The lowest BCUT2D eigenvalue weighted by atomic mass is 9.85. The van der Waals surface area contributed by atoms with Gasteiger partial charge in [-0.2, -0.15) is 0 Å². The van der Waals surface area contributed by atoms with Gasteiger partial charge in [0.25, 0.3) is 12.4 Å².